The highest BCUT2D eigenvalue weighted by Crippen LogP contribution is 2.30. The lowest BCUT2D eigenvalue weighted by molar-refractivity contribution is 0.637. The number of hydrogen-bond donors (Lipinski definition) is 1. The SMILES string of the molecule is CCc1nn(C)c(CC(N)c2cc(Br)ccc2Cl)c1Br. The maximum absolute atomic E-state index is 6.32. The number of rotatable bonds is 4. The maximum atomic E-state index is 6.32. The fraction of sp³-hybridized carbons (Fsp3) is 0.357. The van der Waals surface area contributed by atoms with Gasteiger partial charge in [-0.3, -0.25) is 4.68 Å². The Balaban J connectivity index is 2.30. The molecule has 108 valence electrons. The summed E-state index contributed by atoms with van der Waals surface area (Å²) in [4.78, 5) is 0. The second kappa shape index (κ2) is 6.60. The number of nitrogens with two attached hydrogens (primary N) is 1. The van der Waals surface area contributed by atoms with Crippen LogP contribution in [0.1, 0.15) is 29.9 Å². The topological polar surface area (TPSA) is 43.8 Å². The van der Waals surface area contributed by atoms with Crippen molar-refractivity contribution in [2.75, 3.05) is 0 Å². The van der Waals surface area contributed by atoms with Gasteiger partial charge in [0.1, 0.15) is 0 Å². The van der Waals surface area contributed by atoms with E-state index < -0.39 is 0 Å². The van der Waals surface area contributed by atoms with E-state index in [9.17, 15) is 0 Å². The minimum atomic E-state index is -0.170. The van der Waals surface area contributed by atoms with Gasteiger partial charge in [-0.2, -0.15) is 5.10 Å². The van der Waals surface area contributed by atoms with Crippen LogP contribution in [0.25, 0.3) is 0 Å². The molecule has 0 amide bonds. The summed E-state index contributed by atoms with van der Waals surface area (Å²) >= 11 is 13.3. The molecule has 2 aromatic rings. The number of benzene rings is 1. The van der Waals surface area contributed by atoms with E-state index in [4.69, 9.17) is 17.3 Å². The monoisotopic (exact) mass is 419 g/mol. The number of hydrogen-bond acceptors (Lipinski definition) is 2. The zero-order valence-corrected chi connectivity index (χ0v) is 15.3. The zero-order chi connectivity index (χ0) is 14.9. The molecule has 1 aromatic carbocycles. The van der Waals surface area contributed by atoms with Crippen LogP contribution >= 0.6 is 43.5 Å². The van der Waals surface area contributed by atoms with E-state index in [0.717, 1.165) is 32.3 Å². The lowest BCUT2D eigenvalue weighted by atomic mass is 10.0. The first kappa shape index (κ1) is 16.0. The number of halogens is 3. The Bertz CT molecular complexity index is 625. The third-order valence-electron chi connectivity index (χ3n) is 3.27. The molecule has 0 fully saturated rings. The minimum absolute atomic E-state index is 0.170. The van der Waals surface area contributed by atoms with Crippen molar-refractivity contribution in [2.45, 2.75) is 25.8 Å². The third-order valence-corrected chi connectivity index (χ3v) is 5.03. The summed E-state index contributed by atoms with van der Waals surface area (Å²) in [5.74, 6) is 0. The second-order valence-electron chi connectivity index (χ2n) is 4.66. The molecule has 0 aliphatic heterocycles. The quantitative estimate of drug-likeness (QED) is 0.795. The summed E-state index contributed by atoms with van der Waals surface area (Å²) in [5, 5.41) is 5.18. The summed E-state index contributed by atoms with van der Waals surface area (Å²) in [6.07, 6.45) is 1.57. The van der Waals surface area contributed by atoms with Crippen molar-refractivity contribution in [3.8, 4) is 0 Å². The van der Waals surface area contributed by atoms with Crippen LogP contribution < -0.4 is 5.73 Å². The Morgan fingerprint density at radius 1 is 1.40 bits per heavy atom. The van der Waals surface area contributed by atoms with Gasteiger partial charge in [0.25, 0.3) is 0 Å². The first-order chi connectivity index (χ1) is 9.43. The lowest BCUT2D eigenvalue weighted by Crippen LogP contribution is -2.16. The van der Waals surface area contributed by atoms with Crippen LogP contribution in [0.2, 0.25) is 5.02 Å². The lowest BCUT2D eigenvalue weighted by Gasteiger charge is -2.15. The molecule has 0 saturated carbocycles. The van der Waals surface area contributed by atoms with Gasteiger partial charge in [0.2, 0.25) is 0 Å². The van der Waals surface area contributed by atoms with Crippen LogP contribution in [0.5, 0.6) is 0 Å². The van der Waals surface area contributed by atoms with Gasteiger partial charge < -0.3 is 5.73 Å². The van der Waals surface area contributed by atoms with E-state index in [0.29, 0.717) is 11.4 Å². The fourth-order valence-corrected chi connectivity index (χ4v) is 3.57. The average Bonchev–Trinajstić information content (AvgIpc) is 2.68. The molecule has 3 nitrogen and oxygen atoms in total. The first-order valence-corrected chi connectivity index (χ1v) is 8.31. The largest absolute Gasteiger partial charge is 0.324 e. The van der Waals surface area contributed by atoms with Gasteiger partial charge >= 0.3 is 0 Å². The molecule has 0 spiro atoms. The number of nitrogens with zero attached hydrogens (tertiary/aromatic N) is 2. The molecule has 1 unspecified atom stereocenters. The van der Waals surface area contributed by atoms with Gasteiger partial charge in [-0.1, -0.05) is 34.5 Å². The van der Waals surface area contributed by atoms with Gasteiger partial charge in [-0.05, 0) is 46.1 Å². The average molecular weight is 422 g/mol. The van der Waals surface area contributed by atoms with Crippen molar-refractivity contribution < 1.29 is 0 Å². The molecule has 1 aromatic heterocycles. The maximum Gasteiger partial charge on any atom is 0.0766 e. The summed E-state index contributed by atoms with van der Waals surface area (Å²) < 4.78 is 3.91. The molecule has 20 heavy (non-hydrogen) atoms. The Kier molecular flexibility index (Phi) is 5.29. The Morgan fingerprint density at radius 2 is 2.10 bits per heavy atom. The molecular formula is C14H16Br2ClN3. The molecule has 2 N–H and O–H groups in total. The van der Waals surface area contributed by atoms with E-state index in [-0.39, 0.29) is 6.04 Å². The molecule has 1 heterocycles. The predicted molar refractivity (Wildman–Crippen MR) is 90.1 cm³/mol. The van der Waals surface area contributed by atoms with E-state index in [1.54, 1.807) is 0 Å². The molecule has 0 radical (unpaired) electrons. The Labute approximate surface area is 140 Å². The normalized spacial score (nSPS) is 12.7. The minimum Gasteiger partial charge on any atom is -0.324 e. The van der Waals surface area contributed by atoms with Gasteiger partial charge in [-0.15, -0.1) is 0 Å². The summed E-state index contributed by atoms with van der Waals surface area (Å²) in [6.45, 7) is 2.09. The van der Waals surface area contributed by atoms with Crippen LogP contribution in [-0.2, 0) is 19.9 Å². The van der Waals surface area contributed by atoms with E-state index in [1.165, 1.54) is 0 Å². The molecule has 2 rings (SSSR count). The number of aromatic nitrogens is 2. The van der Waals surface area contributed by atoms with Crippen LogP contribution in [0, 0.1) is 0 Å². The smallest absolute Gasteiger partial charge is 0.0766 e. The summed E-state index contributed by atoms with van der Waals surface area (Å²) in [6, 6.07) is 5.57. The van der Waals surface area contributed by atoms with E-state index >= 15 is 0 Å². The predicted octanol–water partition coefficient (Wildman–Crippen LogP) is 4.40. The summed E-state index contributed by atoms with van der Waals surface area (Å²) in [5.41, 5.74) is 9.39. The molecule has 6 heteroatoms. The highest BCUT2D eigenvalue weighted by atomic mass is 79.9. The van der Waals surface area contributed by atoms with Crippen LogP contribution in [0.15, 0.2) is 27.1 Å². The molecule has 0 aliphatic carbocycles. The van der Waals surface area contributed by atoms with Crippen molar-refractivity contribution in [2.24, 2.45) is 12.8 Å². The fourth-order valence-electron chi connectivity index (χ4n) is 2.16. The van der Waals surface area contributed by atoms with Crippen molar-refractivity contribution in [1.82, 2.24) is 9.78 Å². The highest BCUT2D eigenvalue weighted by molar-refractivity contribution is 9.10. The molecule has 0 bridgehead atoms. The standard InChI is InChI=1S/C14H16Br2ClN3/c1-3-12-14(16)13(20(2)19-12)7-11(18)9-6-8(15)4-5-10(9)17/h4-6,11H,3,7,18H2,1-2H3. The van der Waals surface area contributed by atoms with Gasteiger partial charge in [0.15, 0.2) is 0 Å². The van der Waals surface area contributed by atoms with Crippen LogP contribution in [-0.4, -0.2) is 9.78 Å². The third kappa shape index (κ3) is 3.27. The molecule has 0 saturated heterocycles. The van der Waals surface area contributed by atoms with Crippen molar-refractivity contribution in [3.63, 3.8) is 0 Å². The van der Waals surface area contributed by atoms with Gasteiger partial charge in [0.05, 0.1) is 15.9 Å². The Hall–Kier alpha value is -0.360. The van der Waals surface area contributed by atoms with Gasteiger partial charge in [0, 0.05) is 29.0 Å². The van der Waals surface area contributed by atoms with Crippen molar-refractivity contribution >= 4 is 43.5 Å². The van der Waals surface area contributed by atoms with E-state index in [2.05, 4.69) is 43.9 Å². The molecule has 0 aliphatic rings. The number of aryl methyl sites for hydroxylation is 2. The summed E-state index contributed by atoms with van der Waals surface area (Å²) in [7, 11) is 1.94. The molecule has 1 atom stereocenters. The van der Waals surface area contributed by atoms with Crippen LogP contribution in [0.4, 0.5) is 0 Å². The van der Waals surface area contributed by atoms with Gasteiger partial charge in [-0.25, -0.2) is 0 Å². The highest BCUT2D eigenvalue weighted by Gasteiger charge is 2.18. The Morgan fingerprint density at radius 3 is 2.70 bits per heavy atom. The second-order valence-corrected chi connectivity index (χ2v) is 6.78. The zero-order valence-electron chi connectivity index (χ0n) is 11.3. The van der Waals surface area contributed by atoms with Crippen molar-refractivity contribution in [1.29, 1.82) is 0 Å². The van der Waals surface area contributed by atoms with Crippen molar-refractivity contribution in [3.05, 3.63) is 49.1 Å². The van der Waals surface area contributed by atoms with E-state index in [1.807, 2.05) is 29.9 Å². The van der Waals surface area contributed by atoms with Crippen LogP contribution in [0.3, 0.4) is 0 Å². The first-order valence-electron chi connectivity index (χ1n) is 6.34. The molecular weight excluding hydrogens is 405 g/mol.